The van der Waals surface area contributed by atoms with Crippen molar-refractivity contribution in [3.8, 4) is 5.75 Å². The van der Waals surface area contributed by atoms with Crippen LogP contribution in [0.15, 0.2) is 24.3 Å². The van der Waals surface area contributed by atoms with Gasteiger partial charge in [-0.15, -0.1) is 0 Å². The average Bonchev–Trinajstić information content (AvgIpc) is 2.91. The van der Waals surface area contributed by atoms with E-state index in [-0.39, 0.29) is 18.6 Å². The van der Waals surface area contributed by atoms with Crippen molar-refractivity contribution in [1.82, 2.24) is 14.7 Å². The van der Waals surface area contributed by atoms with E-state index >= 15 is 0 Å². The normalized spacial score (nSPS) is 26.1. The Morgan fingerprint density at radius 1 is 1.10 bits per heavy atom. The Balaban J connectivity index is 1.40. The van der Waals surface area contributed by atoms with Crippen molar-refractivity contribution >= 4 is 23.6 Å². The highest BCUT2D eigenvalue weighted by Crippen LogP contribution is 2.28. The molecule has 0 bridgehead atoms. The van der Waals surface area contributed by atoms with Crippen molar-refractivity contribution in [3.63, 3.8) is 0 Å². The highest BCUT2D eigenvalue weighted by molar-refractivity contribution is 6.30. The van der Waals surface area contributed by atoms with E-state index in [0.717, 1.165) is 19.5 Å². The average molecular weight is 422 g/mol. The van der Waals surface area contributed by atoms with Crippen molar-refractivity contribution in [3.05, 3.63) is 29.3 Å². The number of hydrogen-bond donors (Lipinski definition) is 1. The van der Waals surface area contributed by atoms with E-state index in [0.29, 0.717) is 36.3 Å². The van der Waals surface area contributed by atoms with Gasteiger partial charge in [0.1, 0.15) is 17.9 Å². The maximum Gasteiger partial charge on any atom is 0.408 e. The van der Waals surface area contributed by atoms with E-state index in [2.05, 4.69) is 4.90 Å². The maximum atomic E-state index is 13.2. The number of ether oxygens (including phenoxy) is 1. The summed E-state index contributed by atoms with van der Waals surface area (Å²) in [4.78, 5) is 30.6. The lowest BCUT2D eigenvalue weighted by Gasteiger charge is -2.36. The van der Waals surface area contributed by atoms with Gasteiger partial charge in [0.15, 0.2) is 0 Å². The lowest BCUT2D eigenvalue weighted by atomic mass is 9.91. The molecule has 3 fully saturated rings. The summed E-state index contributed by atoms with van der Waals surface area (Å²) in [5, 5.41) is 10.2. The number of carbonyl (C=O) groups is 2. The van der Waals surface area contributed by atoms with Gasteiger partial charge < -0.3 is 14.7 Å². The molecule has 158 valence electrons. The fraction of sp³-hybridized carbons (Fsp3) is 0.619. The zero-order chi connectivity index (χ0) is 20.4. The Kier molecular flexibility index (Phi) is 6.15. The number of rotatable bonds is 4. The number of hydrogen-bond acceptors (Lipinski definition) is 4. The molecule has 0 aromatic heterocycles. The van der Waals surface area contributed by atoms with Gasteiger partial charge in [-0.3, -0.25) is 14.6 Å². The number of amides is 2. The first kappa shape index (κ1) is 20.3. The zero-order valence-electron chi connectivity index (χ0n) is 16.5. The minimum absolute atomic E-state index is 0.0972. The predicted molar refractivity (Wildman–Crippen MR) is 109 cm³/mol. The highest BCUT2D eigenvalue weighted by atomic mass is 35.5. The zero-order valence-corrected chi connectivity index (χ0v) is 17.3. The number of nitrogens with zero attached hydrogens (tertiary/aromatic N) is 3. The lowest BCUT2D eigenvalue weighted by molar-refractivity contribution is -0.135. The Morgan fingerprint density at radius 3 is 2.62 bits per heavy atom. The van der Waals surface area contributed by atoms with Crippen molar-refractivity contribution in [2.75, 3.05) is 32.7 Å². The fourth-order valence-electron chi connectivity index (χ4n) is 4.55. The smallest absolute Gasteiger partial charge is 0.408 e. The van der Waals surface area contributed by atoms with E-state index in [9.17, 15) is 14.7 Å². The van der Waals surface area contributed by atoms with Crippen molar-refractivity contribution in [2.45, 2.75) is 50.3 Å². The molecule has 3 aliphatic rings. The summed E-state index contributed by atoms with van der Waals surface area (Å²) in [6.45, 7) is 3.42. The monoisotopic (exact) mass is 421 g/mol. The second-order valence-corrected chi connectivity index (χ2v) is 8.62. The maximum absolute atomic E-state index is 13.2. The molecule has 2 amide bonds. The molecular formula is C21H28ClN3O4. The molecule has 0 radical (unpaired) electrons. The first-order valence-electron chi connectivity index (χ1n) is 10.5. The van der Waals surface area contributed by atoms with Crippen LogP contribution >= 0.6 is 11.6 Å². The van der Waals surface area contributed by atoms with E-state index in [4.69, 9.17) is 16.3 Å². The second-order valence-electron chi connectivity index (χ2n) is 8.18. The van der Waals surface area contributed by atoms with Gasteiger partial charge in [0.2, 0.25) is 5.91 Å². The molecule has 1 aliphatic carbocycles. The molecule has 2 saturated heterocycles. The molecule has 4 rings (SSSR count). The third-order valence-electron chi connectivity index (χ3n) is 6.33. The van der Waals surface area contributed by atoms with Gasteiger partial charge in [-0.25, -0.2) is 4.79 Å². The van der Waals surface area contributed by atoms with Crippen LogP contribution in [0, 0.1) is 0 Å². The molecule has 29 heavy (non-hydrogen) atoms. The van der Waals surface area contributed by atoms with Crippen LogP contribution in [0.1, 0.15) is 32.1 Å². The van der Waals surface area contributed by atoms with E-state index in [1.54, 1.807) is 24.3 Å². The summed E-state index contributed by atoms with van der Waals surface area (Å²) in [6.07, 6.45) is 3.67. The minimum Gasteiger partial charge on any atom is -0.488 e. The summed E-state index contributed by atoms with van der Waals surface area (Å²) < 4.78 is 5.93. The number of carboxylic acid groups (broad SMARTS) is 1. The number of benzene rings is 1. The molecule has 2 aliphatic heterocycles. The molecule has 2 atom stereocenters. The Bertz CT molecular complexity index is 757. The van der Waals surface area contributed by atoms with Gasteiger partial charge in [0.25, 0.3) is 0 Å². The molecule has 1 aromatic rings. The molecule has 0 unspecified atom stereocenters. The van der Waals surface area contributed by atoms with Gasteiger partial charge in [-0.1, -0.05) is 24.1 Å². The van der Waals surface area contributed by atoms with Crippen LogP contribution in [-0.4, -0.2) is 82.7 Å². The van der Waals surface area contributed by atoms with Crippen LogP contribution < -0.4 is 4.74 Å². The van der Waals surface area contributed by atoms with Crippen LogP contribution in [0.5, 0.6) is 5.75 Å². The van der Waals surface area contributed by atoms with Crippen LogP contribution in [0.3, 0.4) is 0 Å². The first-order chi connectivity index (χ1) is 14.0. The van der Waals surface area contributed by atoms with Crippen LogP contribution in [0.2, 0.25) is 5.02 Å². The molecular weight excluding hydrogens is 394 g/mol. The number of likely N-dealkylation sites (tertiary alicyclic amines) is 1. The van der Waals surface area contributed by atoms with E-state index < -0.39 is 12.1 Å². The summed E-state index contributed by atoms with van der Waals surface area (Å²) >= 11 is 6.00. The number of carbonyl (C=O) groups excluding carboxylic acids is 1. The van der Waals surface area contributed by atoms with Gasteiger partial charge in [0.05, 0.1) is 6.54 Å². The van der Waals surface area contributed by atoms with Crippen molar-refractivity contribution < 1.29 is 19.4 Å². The summed E-state index contributed by atoms with van der Waals surface area (Å²) in [7, 11) is 0. The molecule has 0 spiro atoms. The van der Waals surface area contributed by atoms with Crippen molar-refractivity contribution in [1.29, 1.82) is 0 Å². The topological polar surface area (TPSA) is 73.3 Å². The minimum atomic E-state index is -1.08. The summed E-state index contributed by atoms with van der Waals surface area (Å²) in [5.74, 6) is 0.493. The first-order valence-corrected chi connectivity index (χ1v) is 10.8. The Labute approximate surface area is 176 Å². The second kappa shape index (κ2) is 8.79. The number of halogens is 1. The van der Waals surface area contributed by atoms with E-state index in [1.165, 1.54) is 24.2 Å². The largest absolute Gasteiger partial charge is 0.488 e. The quantitative estimate of drug-likeness (QED) is 0.809. The fourth-order valence-corrected chi connectivity index (χ4v) is 4.73. The van der Waals surface area contributed by atoms with E-state index in [1.807, 2.05) is 4.90 Å². The summed E-state index contributed by atoms with van der Waals surface area (Å²) in [6, 6.07) is 7.01. The molecule has 7 nitrogen and oxygen atoms in total. The van der Waals surface area contributed by atoms with Crippen LogP contribution in [-0.2, 0) is 4.79 Å². The molecule has 2 heterocycles. The van der Waals surface area contributed by atoms with Gasteiger partial charge in [-0.05, 0) is 37.5 Å². The predicted octanol–water partition coefficient (Wildman–Crippen LogP) is 2.93. The van der Waals surface area contributed by atoms with Gasteiger partial charge >= 0.3 is 6.09 Å². The van der Waals surface area contributed by atoms with Crippen molar-refractivity contribution in [2.24, 2.45) is 0 Å². The molecule has 1 saturated carbocycles. The molecule has 1 N–H and O–H groups in total. The third-order valence-corrected chi connectivity index (χ3v) is 6.56. The van der Waals surface area contributed by atoms with Gasteiger partial charge in [0, 0.05) is 43.7 Å². The molecule has 8 heteroatoms. The van der Waals surface area contributed by atoms with Gasteiger partial charge in [-0.2, -0.15) is 0 Å². The standard InChI is InChI=1S/C21H28ClN3O4/c22-15-4-1-7-17(12-15)29-18-13-19(25(14-18)21(27)28)20(26)24-9-3-8-23(10-11-24)16-5-2-6-16/h1,4,7,12,16,18-19H,2-3,5-6,8-11,13-14H2,(H,27,28)/t18-,19+/m0/s1. The lowest BCUT2D eigenvalue weighted by Crippen LogP contribution is -2.49. The summed E-state index contributed by atoms with van der Waals surface area (Å²) in [5.41, 5.74) is 0. The highest BCUT2D eigenvalue weighted by Gasteiger charge is 2.43. The third kappa shape index (κ3) is 4.61. The molecule has 1 aromatic carbocycles. The Morgan fingerprint density at radius 2 is 1.93 bits per heavy atom. The Hall–Kier alpha value is -1.99. The van der Waals surface area contributed by atoms with Crippen LogP contribution in [0.25, 0.3) is 0 Å². The SMILES string of the molecule is O=C([C@H]1C[C@H](Oc2cccc(Cl)c2)CN1C(=O)O)N1CCCN(C2CCC2)CC1. The van der Waals surface area contributed by atoms with Crippen LogP contribution in [0.4, 0.5) is 4.79 Å².